The Morgan fingerprint density at radius 2 is 2.00 bits per heavy atom. The lowest BCUT2D eigenvalue weighted by Crippen LogP contribution is -2.32. The van der Waals surface area contributed by atoms with Crippen LogP contribution >= 0.6 is 0 Å². The van der Waals surface area contributed by atoms with Crippen molar-refractivity contribution in [3.63, 3.8) is 0 Å². The largest absolute Gasteiger partial charge is 0.468 e. The van der Waals surface area contributed by atoms with E-state index in [4.69, 9.17) is 15.2 Å². The van der Waals surface area contributed by atoms with Crippen LogP contribution in [-0.4, -0.2) is 46.1 Å². The summed E-state index contributed by atoms with van der Waals surface area (Å²) in [5, 5.41) is 0. The molecule has 0 aliphatic heterocycles. The summed E-state index contributed by atoms with van der Waals surface area (Å²) >= 11 is 0. The molecule has 0 saturated heterocycles. The van der Waals surface area contributed by atoms with Crippen molar-refractivity contribution in [3.8, 4) is 0 Å². The van der Waals surface area contributed by atoms with Gasteiger partial charge in [-0.25, -0.2) is 0 Å². The summed E-state index contributed by atoms with van der Waals surface area (Å²) in [6.07, 6.45) is 1.34. The highest BCUT2D eigenvalue weighted by Crippen LogP contribution is 1.93. The molecule has 0 aliphatic carbocycles. The molecule has 0 saturated carbocycles. The molecule has 5 heteroatoms. The first kappa shape index (κ1) is 13.4. The number of carbonyl (C=O) groups is 1. The summed E-state index contributed by atoms with van der Waals surface area (Å²) in [6.45, 7) is 1.78. The number of hydrogen-bond donors (Lipinski definition) is 1. The summed E-state index contributed by atoms with van der Waals surface area (Å²) in [5.41, 5.74) is 5.49. The van der Waals surface area contributed by atoms with Gasteiger partial charge in [0.05, 0.1) is 7.11 Å². The van der Waals surface area contributed by atoms with E-state index in [1.165, 1.54) is 7.11 Å². The van der Waals surface area contributed by atoms with Crippen molar-refractivity contribution in [2.24, 2.45) is 5.73 Å². The third-order valence-electron chi connectivity index (χ3n) is 1.71. The third-order valence-corrected chi connectivity index (χ3v) is 1.71. The van der Waals surface area contributed by atoms with Gasteiger partial charge in [0.25, 0.3) is 0 Å². The van der Waals surface area contributed by atoms with Gasteiger partial charge in [0.2, 0.25) is 0 Å². The molecule has 0 aromatic carbocycles. The molecule has 0 bridgehead atoms. The molecule has 1 unspecified atom stereocenters. The molecule has 0 rings (SSSR count). The molecule has 0 aromatic rings. The van der Waals surface area contributed by atoms with Crippen molar-refractivity contribution in [2.75, 3.05) is 34.0 Å². The lowest BCUT2D eigenvalue weighted by Gasteiger charge is -2.09. The molecule has 0 fully saturated rings. The highest BCUT2D eigenvalue weighted by atomic mass is 16.5. The SMILES string of the molecule is COCCCOCCC(N)C(=O)OC. The van der Waals surface area contributed by atoms with Gasteiger partial charge in [-0.3, -0.25) is 4.79 Å². The molecule has 0 aromatic heterocycles. The normalized spacial score (nSPS) is 12.5. The zero-order chi connectivity index (χ0) is 10.8. The van der Waals surface area contributed by atoms with Crippen molar-refractivity contribution in [2.45, 2.75) is 18.9 Å². The standard InChI is InChI=1S/C9H19NO4/c1-12-5-3-6-14-7-4-8(10)9(11)13-2/h8H,3-7,10H2,1-2H3. The lowest BCUT2D eigenvalue weighted by atomic mass is 10.2. The van der Waals surface area contributed by atoms with Crippen LogP contribution in [0, 0.1) is 0 Å². The monoisotopic (exact) mass is 205 g/mol. The maximum atomic E-state index is 10.9. The van der Waals surface area contributed by atoms with Crippen LogP contribution < -0.4 is 5.73 Å². The summed E-state index contributed by atoms with van der Waals surface area (Å²) in [5.74, 6) is -0.398. The zero-order valence-corrected chi connectivity index (χ0v) is 8.82. The Kier molecular flexibility index (Phi) is 8.51. The first-order chi connectivity index (χ1) is 6.72. The van der Waals surface area contributed by atoms with Crippen LogP contribution in [0.25, 0.3) is 0 Å². The average molecular weight is 205 g/mol. The average Bonchev–Trinajstić information content (AvgIpc) is 2.21. The molecule has 14 heavy (non-hydrogen) atoms. The minimum atomic E-state index is -0.581. The van der Waals surface area contributed by atoms with E-state index < -0.39 is 12.0 Å². The maximum absolute atomic E-state index is 10.9. The minimum absolute atomic E-state index is 0.398. The Morgan fingerprint density at radius 1 is 1.29 bits per heavy atom. The Hall–Kier alpha value is -0.650. The van der Waals surface area contributed by atoms with Gasteiger partial charge in [0, 0.05) is 26.9 Å². The Morgan fingerprint density at radius 3 is 2.57 bits per heavy atom. The minimum Gasteiger partial charge on any atom is -0.468 e. The van der Waals surface area contributed by atoms with Crippen molar-refractivity contribution < 1.29 is 19.0 Å². The van der Waals surface area contributed by atoms with Crippen molar-refractivity contribution in [1.82, 2.24) is 0 Å². The second kappa shape index (κ2) is 8.93. The number of rotatable bonds is 8. The highest BCUT2D eigenvalue weighted by molar-refractivity contribution is 5.75. The van der Waals surface area contributed by atoms with Crippen LogP contribution in [0.2, 0.25) is 0 Å². The van der Waals surface area contributed by atoms with Gasteiger partial charge in [0.1, 0.15) is 6.04 Å². The van der Waals surface area contributed by atoms with Gasteiger partial charge in [0.15, 0.2) is 0 Å². The summed E-state index contributed by atoms with van der Waals surface area (Å²) in [6, 6.07) is -0.581. The second-order valence-electron chi connectivity index (χ2n) is 2.88. The van der Waals surface area contributed by atoms with Crippen molar-refractivity contribution in [3.05, 3.63) is 0 Å². The smallest absolute Gasteiger partial charge is 0.322 e. The number of esters is 1. The van der Waals surface area contributed by atoms with Crippen LogP contribution in [0.4, 0.5) is 0 Å². The maximum Gasteiger partial charge on any atom is 0.322 e. The fourth-order valence-corrected chi connectivity index (χ4v) is 0.887. The number of carbonyl (C=O) groups excluding carboxylic acids is 1. The fraction of sp³-hybridized carbons (Fsp3) is 0.889. The predicted molar refractivity (Wildman–Crippen MR) is 51.9 cm³/mol. The van der Waals surface area contributed by atoms with Crippen LogP contribution in [0.15, 0.2) is 0 Å². The van der Waals surface area contributed by atoms with Crippen molar-refractivity contribution in [1.29, 1.82) is 0 Å². The van der Waals surface area contributed by atoms with E-state index in [-0.39, 0.29) is 0 Å². The molecule has 0 aliphatic rings. The number of ether oxygens (including phenoxy) is 3. The summed E-state index contributed by atoms with van der Waals surface area (Å²) < 4.78 is 14.5. The third kappa shape index (κ3) is 6.82. The molecular formula is C9H19NO4. The van der Waals surface area contributed by atoms with E-state index >= 15 is 0 Å². The van der Waals surface area contributed by atoms with E-state index in [1.54, 1.807) is 7.11 Å². The predicted octanol–water partition coefficient (Wildman–Crippen LogP) is -0.0701. The van der Waals surface area contributed by atoms with Gasteiger partial charge in [-0.2, -0.15) is 0 Å². The van der Waals surface area contributed by atoms with E-state index in [0.29, 0.717) is 26.2 Å². The fourth-order valence-electron chi connectivity index (χ4n) is 0.887. The van der Waals surface area contributed by atoms with E-state index in [1.807, 2.05) is 0 Å². The van der Waals surface area contributed by atoms with Crippen LogP contribution in [-0.2, 0) is 19.0 Å². The molecule has 0 radical (unpaired) electrons. The summed E-state index contributed by atoms with van der Waals surface area (Å²) in [4.78, 5) is 10.9. The summed E-state index contributed by atoms with van der Waals surface area (Å²) in [7, 11) is 2.97. The second-order valence-corrected chi connectivity index (χ2v) is 2.88. The molecule has 2 N–H and O–H groups in total. The van der Waals surface area contributed by atoms with E-state index in [2.05, 4.69) is 4.74 Å². The van der Waals surface area contributed by atoms with E-state index in [9.17, 15) is 4.79 Å². The molecule has 0 spiro atoms. The van der Waals surface area contributed by atoms with E-state index in [0.717, 1.165) is 6.42 Å². The molecule has 5 nitrogen and oxygen atoms in total. The highest BCUT2D eigenvalue weighted by Gasteiger charge is 2.12. The first-order valence-corrected chi connectivity index (χ1v) is 4.62. The van der Waals surface area contributed by atoms with Gasteiger partial charge in [-0.1, -0.05) is 0 Å². The molecule has 0 amide bonds. The molecule has 84 valence electrons. The molecular weight excluding hydrogens is 186 g/mol. The van der Waals surface area contributed by atoms with Gasteiger partial charge >= 0.3 is 5.97 Å². The quantitative estimate of drug-likeness (QED) is 0.443. The molecule has 0 heterocycles. The van der Waals surface area contributed by atoms with Gasteiger partial charge < -0.3 is 19.9 Å². The lowest BCUT2D eigenvalue weighted by molar-refractivity contribution is -0.142. The topological polar surface area (TPSA) is 70.8 Å². The zero-order valence-electron chi connectivity index (χ0n) is 8.82. The van der Waals surface area contributed by atoms with Gasteiger partial charge in [-0.05, 0) is 12.8 Å². The Labute approximate surface area is 84.5 Å². The molecule has 1 atom stereocenters. The number of nitrogens with two attached hydrogens (primary N) is 1. The van der Waals surface area contributed by atoms with Gasteiger partial charge in [-0.15, -0.1) is 0 Å². The Balaban J connectivity index is 3.23. The number of hydrogen-bond acceptors (Lipinski definition) is 5. The van der Waals surface area contributed by atoms with Crippen molar-refractivity contribution >= 4 is 5.97 Å². The first-order valence-electron chi connectivity index (χ1n) is 4.62. The number of methoxy groups -OCH3 is 2. The van der Waals surface area contributed by atoms with Crippen LogP contribution in [0.1, 0.15) is 12.8 Å². The Bertz CT molecular complexity index is 152. The van der Waals surface area contributed by atoms with Crippen LogP contribution in [0.5, 0.6) is 0 Å². The van der Waals surface area contributed by atoms with Crippen LogP contribution in [0.3, 0.4) is 0 Å².